The number of nitrogens with one attached hydrogen (secondary N) is 3. The van der Waals surface area contributed by atoms with E-state index in [1.165, 1.54) is 0 Å². The Morgan fingerprint density at radius 2 is 1.61 bits per heavy atom. The van der Waals surface area contributed by atoms with Crippen molar-refractivity contribution in [3.8, 4) is 0 Å². The van der Waals surface area contributed by atoms with Gasteiger partial charge in [0.05, 0.1) is 5.41 Å². The predicted octanol–water partition coefficient (Wildman–Crippen LogP) is 0.864. The van der Waals surface area contributed by atoms with Crippen molar-refractivity contribution < 1.29 is 9.59 Å². The van der Waals surface area contributed by atoms with Gasteiger partial charge < -0.3 is 16.0 Å². The van der Waals surface area contributed by atoms with Gasteiger partial charge in [-0.2, -0.15) is 0 Å². The Morgan fingerprint density at radius 1 is 0.964 bits per heavy atom. The van der Waals surface area contributed by atoms with E-state index in [-0.39, 0.29) is 18.2 Å². The minimum absolute atomic E-state index is 0.0618. The van der Waals surface area contributed by atoms with Crippen LogP contribution in [0.25, 0.3) is 0 Å². The van der Waals surface area contributed by atoms with E-state index in [2.05, 4.69) is 25.9 Å². The van der Waals surface area contributed by atoms with Crippen LogP contribution in [0.1, 0.15) is 24.2 Å². The summed E-state index contributed by atoms with van der Waals surface area (Å²) in [6.07, 6.45) is 5.69. The van der Waals surface area contributed by atoms with Gasteiger partial charge in [-0.3, -0.25) is 19.6 Å². The highest BCUT2D eigenvalue weighted by molar-refractivity contribution is 5.89. The first kappa shape index (κ1) is 19.9. The van der Waals surface area contributed by atoms with Crippen LogP contribution >= 0.6 is 0 Å². The van der Waals surface area contributed by atoms with Gasteiger partial charge >= 0.3 is 0 Å². The number of amides is 2. The van der Waals surface area contributed by atoms with E-state index in [1.54, 1.807) is 12.4 Å². The fourth-order valence-corrected chi connectivity index (χ4v) is 3.45. The van der Waals surface area contributed by atoms with Crippen LogP contribution in [0, 0.1) is 5.41 Å². The molecule has 0 aromatic carbocycles. The van der Waals surface area contributed by atoms with E-state index >= 15 is 0 Å². The summed E-state index contributed by atoms with van der Waals surface area (Å²) in [6, 6.07) is 11.5. The number of hydrogen-bond donors (Lipinski definition) is 3. The molecule has 2 aromatic rings. The summed E-state index contributed by atoms with van der Waals surface area (Å²) < 4.78 is 0. The van der Waals surface area contributed by atoms with Gasteiger partial charge in [-0.1, -0.05) is 12.1 Å². The maximum Gasteiger partial charge on any atom is 0.228 e. The summed E-state index contributed by atoms with van der Waals surface area (Å²) in [6.45, 7) is 2.30. The number of hydrogen-bond acceptors (Lipinski definition) is 5. The van der Waals surface area contributed by atoms with Gasteiger partial charge in [0, 0.05) is 62.7 Å². The third-order valence-electron chi connectivity index (χ3n) is 5.05. The molecule has 7 heteroatoms. The highest BCUT2D eigenvalue weighted by Gasteiger charge is 2.42. The Morgan fingerprint density at radius 3 is 2.14 bits per heavy atom. The monoisotopic (exact) mass is 381 g/mol. The topological polar surface area (TPSA) is 96.0 Å². The highest BCUT2D eigenvalue weighted by Crippen LogP contribution is 2.30. The minimum Gasteiger partial charge on any atom is -0.356 e. The molecule has 148 valence electrons. The molecule has 0 bridgehead atoms. The van der Waals surface area contributed by atoms with Crippen LogP contribution in [-0.2, 0) is 22.4 Å². The molecule has 3 rings (SSSR count). The van der Waals surface area contributed by atoms with E-state index in [0.717, 1.165) is 17.9 Å². The number of carbonyl (C=O) groups is 2. The van der Waals surface area contributed by atoms with Gasteiger partial charge in [0.25, 0.3) is 0 Å². The van der Waals surface area contributed by atoms with E-state index in [4.69, 9.17) is 0 Å². The third-order valence-corrected chi connectivity index (χ3v) is 5.05. The Bertz CT molecular complexity index is 761. The zero-order valence-electron chi connectivity index (χ0n) is 16.0. The molecule has 1 aliphatic heterocycles. The van der Waals surface area contributed by atoms with Crippen molar-refractivity contribution in [1.29, 1.82) is 0 Å². The van der Waals surface area contributed by atoms with Crippen molar-refractivity contribution in [2.45, 2.75) is 25.7 Å². The Hall–Kier alpha value is -2.80. The quantitative estimate of drug-likeness (QED) is 0.599. The number of rotatable bonds is 9. The molecule has 0 aliphatic carbocycles. The van der Waals surface area contributed by atoms with Crippen molar-refractivity contribution in [1.82, 2.24) is 25.9 Å². The fourth-order valence-electron chi connectivity index (χ4n) is 3.45. The number of aromatic nitrogens is 2. The molecule has 2 amide bonds. The average Bonchev–Trinajstić information content (AvgIpc) is 3.19. The molecule has 1 atom stereocenters. The van der Waals surface area contributed by atoms with Crippen molar-refractivity contribution in [3.05, 3.63) is 60.2 Å². The lowest BCUT2D eigenvalue weighted by Crippen LogP contribution is -2.46. The SMILES string of the molecule is O=C(CC1(C(=O)NCCc2ccccn2)CCNC1)NCCc1ccccn1. The summed E-state index contributed by atoms with van der Waals surface area (Å²) in [5.74, 6) is -0.159. The standard InChI is InChI=1S/C21H27N5O2/c27-19(25-12-7-17-5-1-3-10-23-17)15-21(9-14-22-16-21)20(28)26-13-8-18-6-2-4-11-24-18/h1-6,10-11,22H,7-9,12-16H2,(H,25,27)(H,26,28). The Balaban J connectivity index is 1.46. The van der Waals surface area contributed by atoms with Crippen LogP contribution in [-0.4, -0.2) is 48.0 Å². The van der Waals surface area contributed by atoms with Crippen LogP contribution in [0.3, 0.4) is 0 Å². The van der Waals surface area contributed by atoms with Crippen LogP contribution in [0.4, 0.5) is 0 Å². The zero-order valence-corrected chi connectivity index (χ0v) is 16.0. The lowest BCUT2D eigenvalue weighted by Gasteiger charge is -2.26. The molecule has 3 N–H and O–H groups in total. The molecule has 1 fully saturated rings. The summed E-state index contributed by atoms with van der Waals surface area (Å²) in [5.41, 5.74) is 1.19. The average molecular weight is 381 g/mol. The Labute approximate surface area is 165 Å². The third kappa shape index (κ3) is 5.60. The summed E-state index contributed by atoms with van der Waals surface area (Å²) >= 11 is 0. The van der Waals surface area contributed by atoms with Gasteiger partial charge in [0.2, 0.25) is 11.8 Å². The maximum atomic E-state index is 12.8. The predicted molar refractivity (Wildman–Crippen MR) is 106 cm³/mol. The molecular weight excluding hydrogens is 354 g/mol. The van der Waals surface area contributed by atoms with Crippen molar-refractivity contribution in [3.63, 3.8) is 0 Å². The van der Waals surface area contributed by atoms with E-state index < -0.39 is 5.41 Å². The van der Waals surface area contributed by atoms with Gasteiger partial charge in [-0.25, -0.2) is 0 Å². The van der Waals surface area contributed by atoms with Crippen LogP contribution in [0.15, 0.2) is 48.8 Å². The van der Waals surface area contributed by atoms with E-state index in [0.29, 0.717) is 38.9 Å². The second-order valence-corrected chi connectivity index (χ2v) is 7.13. The molecule has 7 nitrogen and oxygen atoms in total. The van der Waals surface area contributed by atoms with Crippen molar-refractivity contribution >= 4 is 11.8 Å². The lowest BCUT2D eigenvalue weighted by atomic mass is 9.82. The molecule has 1 unspecified atom stereocenters. The summed E-state index contributed by atoms with van der Waals surface area (Å²) in [4.78, 5) is 33.8. The summed E-state index contributed by atoms with van der Waals surface area (Å²) in [7, 11) is 0. The molecule has 3 heterocycles. The molecule has 1 saturated heterocycles. The second kappa shape index (κ2) is 9.94. The van der Waals surface area contributed by atoms with Gasteiger partial charge in [0.1, 0.15) is 0 Å². The molecule has 28 heavy (non-hydrogen) atoms. The molecule has 0 radical (unpaired) electrons. The van der Waals surface area contributed by atoms with Crippen molar-refractivity contribution in [2.75, 3.05) is 26.2 Å². The summed E-state index contributed by atoms with van der Waals surface area (Å²) in [5, 5.41) is 9.14. The molecule has 1 aliphatic rings. The molecule has 0 saturated carbocycles. The van der Waals surface area contributed by atoms with Gasteiger partial charge in [-0.05, 0) is 37.2 Å². The molecule has 2 aromatic heterocycles. The smallest absolute Gasteiger partial charge is 0.228 e. The number of pyridine rings is 2. The number of nitrogens with zero attached hydrogens (tertiary/aromatic N) is 2. The van der Waals surface area contributed by atoms with Crippen molar-refractivity contribution in [2.24, 2.45) is 5.41 Å². The minimum atomic E-state index is -0.681. The molecule has 0 spiro atoms. The molecular formula is C21H27N5O2. The fraction of sp³-hybridized carbons (Fsp3) is 0.429. The highest BCUT2D eigenvalue weighted by atomic mass is 16.2. The normalized spacial score (nSPS) is 18.6. The largest absolute Gasteiger partial charge is 0.356 e. The van der Waals surface area contributed by atoms with Crippen LogP contribution in [0.2, 0.25) is 0 Å². The lowest BCUT2D eigenvalue weighted by molar-refractivity contribution is -0.135. The second-order valence-electron chi connectivity index (χ2n) is 7.13. The first-order chi connectivity index (χ1) is 13.7. The first-order valence-corrected chi connectivity index (χ1v) is 9.73. The van der Waals surface area contributed by atoms with E-state index in [9.17, 15) is 9.59 Å². The van der Waals surface area contributed by atoms with E-state index in [1.807, 2.05) is 36.4 Å². The van der Waals surface area contributed by atoms with Crippen LogP contribution in [0.5, 0.6) is 0 Å². The maximum absolute atomic E-state index is 12.8. The first-order valence-electron chi connectivity index (χ1n) is 9.73. The number of carbonyl (C=O) groups excluding carboxylic acids is 2. The van der Waals surface area contributed by atoms with Gasteiger partial charge in [0.15, 0.2) is 0 Å². The Kier molecular flexibility index (Phi) is 7.08. The van der Waals surface area contributed by atoms with Crippen LogP contribution < -0.4 is 16.0 Å². The van der Waals surface area contributed by atoms with Gasteiger partial charge in [-0.15, -0.1) is 0 Å². The zero-order chi connectivity index (χ0) is 19.7.